The van der Waals surface area contributed by atoms with Crippen LogP contribution in [0.3, 0.4) is 0 Å². The Hall–Kier alpha value is -0.840. The molecule has 1 aromatic rings. The Bertz CT molecular complexity index is 623. The van der Waals surface area contributed by atoms with Crippen molar-refractivity contribution < 1.29 is 13.0 Å². The summed E-state index contributed by atoms with van der Waals surface area (Å²) in [5, 5.41) is 0.0308. The fourth-order valence-corrected chi connectivity index (χ4v) is 4.10. The SMILES string of the molecule is C=C(CCCCCCCCCCC)c1cccc(Cl)c1S(=O)(=O)O. The predicted molar refractivity (Wildman–Crippen MR) is 102 cm³/mol. The second kappa shape index (κ2) is 10.9. The summed E-state index contributed by atoms with van der Waals surface area (Å²) in [5.41, 5.74) is 1.12. The van der Waals surface area contributed by atoms with Crippen molar-refractivity contribution >= 4 is 27.3 Å². The number of halogens is 1. The van der Waals surface area contributed by atoms with Gasteiger partial charge in [-0.1, -0.05) is 88.6 Å². The van der Waals surface area contributed by atoms with Crippen LogP contribution < -0.4 is 0 Å². The molecule has 5 heteroatoms. The average molecular weight is 373 g/mol. The second-order valence-electron chi connectivity index (χ2n) is 6.27. The van der Waals surface area contributed by atoms with Gasteiger partial charge >= 0.3 is 0 Å². The maximum atomic E-state index is 11.5. The minimum absolute atomic E-state index is 0.0308. The molecule has 0 atom stereocenters. The van der Waals surface area contributed by atoms with E-state index in [1.807, 2.05) is 0 Å². The molecular formula is C19H29ClO3S. The smallest absolute Gasteiger partial charge is 0.282 e. The van der Waals surface area contributed by atoms with E-state index in [0.717, 1.165) is 12.8 Å². The first-order valence-electron chi connectivity index (χ1n) is 8.82. The van der Waals surface area contributed by atoms with Gasteiger partial charge in [-0.05, 0) is 30.0 Å². The van der Waals surface area contributed by atoms with Gasteiger partial charge in [0.25, 0.3) is 10.1 Å². The first-order chi connectivity index (χ1) is 11.4. The van der Waals surface area contributed by atoms with Gasteiger partial charge in [-0.3, -0.25) is 4.55 Å². The van der Waals surface area contributed by atoms with E-state index in [9.17, 15) is 13.0 Å². The Balaban J connectivity index is 2.41. The third-order valence-corrected chi connectivity index (χ3v) is 5.57. The van der Waals surface area contributed by atoms with E-state index in [-0.39, 0.29) is 9.92 Å². The monoisotopic (exact) mass is 372 g/mol. The van der Waals surface area contributed by atoms with Crippen LogP contribution in [0.25, 0.3) is 5.57 Å². The van der Waals surface area contributed by atoms with Gasteiger partial charge in [0.15, 0.2) is 0 Å². The van der Waals surface area contributed by atoms with Gasteiger partial charge in [-0.25, -0.2) is 0 Å². The van der Waals surface area contributed by atoms with Crippen molar-refractivity contribution in [1.29, 1.82) is 0 Å². The molecule has 3 nitrogen and oxygen atoms in total. The molecule has 0 saturated carbocycles. The summed E-state index contributed by atoms with van der Waals surface area (Å²) in [6, 6.07) is 4.78. The largest absolute Gasteiger partial charge is 0.296 e. The van der Waals surface area contributed by atoms with Crippen LogP contribution in [0.15, 0.2) is 29.7 Å². The Morgan fingerprint density at radius 3 is 2.12 bits per heavy atom. The lowest BCUT2D eigenvalue weighted by Crippen LogP contribution is -2.03. The molecule has 0 fully saturated rings. The van der Waals surface area contributed by atoms with E-state index < -0.39 is 10.1 Å². The van der Waals surface area contributed by atoms with Crippen LogP contribution in [0, 0.1) is 0 Å². The van der Waals surface area contributed by atoms with Gasteiger partial charge in [0, 0.05) is 0 Å². The molecule has 0 heterocycles. The van der Waals surface area contributed by atoms with Crippen molar-refractivity contribution in [2.45, 2.75) is 76.0 Å². The van der Waals surface area contributed by atoms with Crippen LogP contribution in [-0.2, 0) is 10.1 Å². The quantitative estimate of drug-likeness (QED) is 0.335. The van der Waals surface area contributed by atoms with Gasteiger partial charge in [0.05, 0.1) is 5.02 Å². The number of allylic oxidation sites excluding steroid dienone is 1. The summed E-state index contributed by atoms with van der Waals surface area (Å²) in [7, 11) is -4.35. The molecule has 0 unspecified atom stereocenters. The molecule has 0 aliphatic heterocycles. The molecule has 0 aromatic heterocycles. The minimum atomic E-state index is -4.35. The molecule has 0 aliphatic carbocycles. The van der Waals surface area contributed by atoms with Crippen molar-refractivity contribution in [2.24, 2.45) is 0 Å². The molecular weight excluding hydrogens is 344 g/mol. The van der Waals surface area contributed by atoms with Crippen LogP contribution in [0.2, 0.25) is 5.02 Å². The van der Waals surface area contributed by atoms with Gasteiger partial charge in [0.1, 0.15) is 4.90 Å². The maximum absolute atomic E-state index is 11.5. The predicted octanol–water partition coefficient (Wildman–Crippen LogP) is 6.52. The minimum Gasteiger partial charge on any atom is -0.282 e. The third kappa shape index (κ3) is 7.37. The van der Waals surface area contributed by atoms with E-state index in [2.05, 4.69) is 13.5 Å². The number of hydrogen-bond donors (Lipinski definition) is 1. The van der Waals surface area contributed by atoms with Crippen molar-refractivity contribution in [3.8, 4) is 0 Å². The summed E-state index contributed by atoms with van der Waals surface area (Å²) in [6.45, 7) is 6.20. The highest BCUT2D eigenvalue weighted by molar-refractivity contribution is 7.86. The molecule has 1 aromatic carbocycles. The van der Waals surface area contributed by atoms with Gasteiger partial charge in [-0.15, -0.1) is 0 Å². The van der Waals surface area contributed by atoms with Gasteiger partial charge in [0.2, 0.25) is 0 Å². The topological polar surface area (TPSA) is 54.4 Å². The lowest BCUT2D eigenvalue weighted by molar-refractivity contribution is 0.483. The molecule has 0 radical (unpaired) electrons. The van der Waals surface area contributed by atoms with Crippen LogP contribution in [-0.4, -0.2) is 13.0 Å². The highest BCUT2D eigenvalue weighted by Gasteiger charge is 2.20. The van der Waals surface area contributed by atoms with E-state index in [4.69, 9.17) is 11.6 Å². The summed E-state index contributed by atoms with van der Waals surface area (Å²) in [6.07, 6.45) is 11.8. The zero-order valence-corrected chi connectivity index (χ0v) is 16.1. The molecule has 0 saturated heterocycles. The fraction of sp³-hybridized carbons (Fsp3) is 0.579. The van der Waals surface area contributed by atoms with E-state index in [1.54, 1.807) is 12.1 Å². The molecule has 0 bridgehead atoms. The molecule has 24 heavy (non-hydrogen) atoms. The lowest BCUT2D eigenvalue weighted by atomic mass is 10.00. The van der Waals surface area contributed by atoms with Crippen molar-refractivity contribution in [1.82, 2.24) is 0 Å². The summed E-state index contributed by atoms with van der Waals surface area (Å²) >= 11 is 5.93. The zero-order valence-electron chi connectivity index (χ0n) is 14.6. The van der Waals surface area contributed by atoms with Crippen LogP contribution in [0.5, 0.6) is 0 Å². The molecule has 1 N–H and O–H groups in total. The highest BCUT2D eigenvalue weighted by atomic mass is 35.5. The van der Waals surface area contributed by atoms with Gasteiger partial charge in [-0.2, -0.15) is 8.42 Å². The van der Waals surface area contributed by atoms with Crippen molar-refractivity contribution in [2.75, 3.05) is 0 Å². The lowest BCUT2D eigenvalue weighted by Gasteiger charge is -2.11. The molecule has 0 aliphatic rings. The molecule has 0 spiro atoms. The molecule has 0 amide bonds. The Kier molecular flexibility index (Phi) is 9.64. The van der Waals surface area contributed by atoms with E-state index in [0.29, 0.717) is 17.6 Å². The van der Waals surface area contributed by atoms with Crippen LogP contribution >= 0.6 is 11.6 Å². The second-order valence-corrected chi connectivity index (χ2v) is 8.04. The highest BCUT2D eigenvalue weighted by Crippen LogP contribution is 2.31. The number of unbranched alkanes of at least 4 members (excludes halogenated alkanes) is 8. The summed E-state index contributed by atoms with van der Waals surface area (Å²) in [5.74, 6) is 0. The third-order valence-electron chi connectivity index (χ3n) is 4.19. The first kappa shape index (κ1) is 21.2. The van der Waals surface area contributed by atoms with E-state index in [1.165, 1.54) is 51.0 Å². The normalized spacial score (nSPS) is 11.6. The van der Waals surface area contributed by atoms with E-state index >= 15 is 0 Å². The number of benzene rings is 1. The first-order valence-corrected chi connectivity index (χ1v) is 10.6. The number of hydrogen-bond acceptors (Lipinski definition) is 2. The molecule has 136 valence electrons. The standard InChI is InChI=1S/C19H29ClO3S/c1-3-4-5-6-7-8-9-10-11-13-16(2)17-14-12-15-18(20)19(17)24(21,22)23/h12,14-15H,2-11,13H2,1H3,(H,21,22,23). The van der Waals surface area contributed by atoms with Crippen molar-refractivity contribution in [3.63, 3.8) is 0 Å². The summed E-state index contributed by atoms with van der Waals surface area (Å²) < 4.78 is 32.4. The van der Waals surface area contributed by atoms with Crippen LogP contribution in [0.1, 0.15) is 76.7 Å². The van der Waals surface area contributed by atoms with Crippen LogP contribution in [0.4, 0.5) is 0 Å². The Labute approximate surface area is 151 Å². The Morgan fingerprint density at radius 1 is 1.04 bits per heavy atom. The Morgan fingerprint density at radius 2 is 1.58 bits per heavy atom. The maximum Gasteiger partial charge on any atom is 0.296 e. The number of rotatable bonds is 12. The average Bonchev–Trinajstić information content (AvgIpc) is 2.51. The molecule has 1 rings (SSSR count). The zero-order chi connectivity index (χ0) is 18.0. The fourth-order valence-electron chi connectivity index (χ4n) is 2.83. The van der Waals surface area contributed by atoms with Gasteiger partial charge < -0.3 is 0 Å². The van der Waals surface area contributed by atoms with Crippen molar-refractivity contribution in [3.05, 3.63) is 35.4 Å². The summed E-state index contributed by atoms with van der Waals surface area (Å²) in [4.78, 5) is -0.229.